The van der Waals surface area contributed by atoms with Gasteiger partial charge in [0.15, 0.2) is 0 Å². The van der Waals surface area contributed by atoms with E-state index in [-0.39, 0.29) is 0 Å². The molecule has 0 heterocycles. The summed E-state index contributed by atoms with van der Waals surface area (Å²) in [5.41, 5.74) is 0.967. The quantitative estimate of drug-likeness (QED) is 0.749. The fourth-order valence-corrected chi connectivity index (χ4v) is 1.85. The first-order valence-electron chi connectivity index (χ1n) is 5.15. The number of nitriles is 2. The van der Waals surface area contributed by atoms with E-state index >= 15 is 0 Å². The fourth-order valence-electron chi connectivity index (χ4n) is 1.85. The van der Waals surface area contributed by atoms with E-state index < -0.39 is 5.41 Å². The van der Waals surface area contributed by atoms with Crippen molar-refractivity contribution in [3.63, 3.8) is 0 Å². The predicted molar refractivity (Wildman–Crippen MR) is 59.0 cm³/mol. The van der Waals surface area contributed by atoms with E-state index in [2.05, 4.69) is 12.1 Å². The Kier molecular flexibility index (Phi) is 3.47. The summed E-state index contributed by atoms with van der Waals surface area (Å²) in [6.07, 6.45) is 1.47. The zero-order chi connectivity index (χ0) is 11.3. The van der Waals surface area contributed by atoms with Crippen LogP contribution in [0.4, 0.5) is 0 Å². The van der Waals surface area contributed by atoms with Gasteiger partial charge < -0.3 is 0 Å². The van der Waals surface area contributed by atoms with E-state index in [1.54, 1.807) is 6.07 Å². The third-order valence-electron chi connectivity index (χ3n) is 2.98. The minimum Gasteiger partial charge on any atom is -0.197 e. The summed E-state index contributed by atoms with van der Waals surface area (Å²) < 4.78 is 0. The van der Waals surface area contributed by atoms with Crippen LogP contribution in [0.25, 0.3) is 0 Å². The van der Waals surface area contributed by atoms with Gasteiger partial charge >= 0.3 is 0 Å². The van der Waals surface area contributed by atoms with Gasteiger partial charge in [0, 0.05) is 0 Å². The highest BCUT2D eigenvalue weighted by Gasteiger charge is 2.30. The molecular weight excluding hydrogens is 184 g/mol. The Hall–Kier alpha value is -1.80. The van der Waals surface area contributed by atoms with E-state index in [0.717, 1.165) is 18.4 Å². The molecule has 0 aliphatic heterocycles. The third-order valence-corrected chi connectivity index (χ3v) is 2.98. The summed E-state index contributed by atoms with van der Waals surface area (Å²) in [4.78, 5) is 0. The lowest BCUT2D eigenvalue weighted by molar-refractivity contribution is 0.510. The molecule has 2 nitrogen and oxygen atoms in total. The lowest BCUT2D eigenvalue weighted by Crippen LogP contribution is -2.23. The molecule has 0 bridgehead atoms. The highest BCUT2D eigenvalue weighted by Crippen LogP contribution is 2.32. The molecule has 0 aromatic heterocycles. The molecule has 1 rings (SSSR count). The van der Waals surface area contributed by atoms with E-state index in [0.29, 0.717) is 5.56 Å². The van der Waals surface area contributed by atoms with Crippen molar-refractivity contribution < 1.29 is 0 Å². The average molecular weight is 198 g/mol. The van der Waals surface area contributed by atoms with Crippen LogP contribution in [0.5, 0.6) is 0 Å². The maximum atomic E-state index is 9.29. The van der Waals surface area contributed by atoms with Crippen LogP contribution < -0.4 is 0 Å². The number of benzene rings is 1. The van der Waals surface area contributed by atoms with Gasteiger partial charge in [-0.3, -0.25) is 0 Å². The van der Waals surface area contributed by atoms with Crippen molar-refractivity contribution in [3.8, 4) is 12.1 Å². The summed E-state index contributed by atoms with van der Waals surface area (Å²) in [5, 5.41) is 18.3. The molecule has 0 amide bonds. The van der Waals surface area contributed by atoms with Gasteiger partial charge in [0.2, 0.25) is 0 Å². The summed E-state index contributed by atoms with van der Waals surface area (Å²) in [7, 11) is 0. The van der Waals surface area contributed by atoms with Crippen LogP contribution >= 0.6 is 0 Å². The van der Waals surface area contributed by atoms with E-state index in [1.807, 2.05) is 32.0 Å². The number of hydrogen-bond donors (Lipinski definition) is 0. The van der Waals surface area contributed by atoms with Gasteiger partial charge in [0.25, 0.3) is 0 Å². The molecule has 0 aliphatic rings. The molecule has 0 saturated carbocycles. The maximum absolute atomic E-state index is 9.29. The van der Waals surface area contributed by atoms with Crippen molar-refractivity contribution in [3.05, 3.63) is 35.4 Å². The van der Waals surface area contributed by atoms with Gasteiger partial charge in [-0.25, -0.2) is 0 Å². The third kappa shape index (κ3) is 1.85. The molecule has 0 spiro atoms. The lowest BCUT2D eigenvalue weighted by atomic mass is 9.75. The molecule has 0 N–H and O–H groups in total. The van der Waals surface area contributed by atoms with Crippen LogP contribution in [0.1, 0.15) is 37.8 Å². The molecule has 76 valence electrons. The van der Waals surface area contributed by atoms with Crippen LogP contribution in [-0.2, 0) is 5.41 Å². The van der Waals surface area contributed by atoms with E-state index in [9.17, 15) is 5.26 Å². The highest BCUT2D eigenvalue weighted by molar-refractivity contribution is 5.45. The average Bonchev–Trinajstić information content (AvgIpc) is 2.33. The molecule has 15 heavy (non-hydrogen) atoms. The van der Waals surface area contributed by atoms with Crippen molar-refractivity contribution in [1.29, 1.82) is 10.5 Å². The monoisotopic (exact) mass is 198 g/mol. The van der Waals surface area contributed by atoms with Gasteiger partial charge in [-0.2, -0.15) is 10.5 Å². The molecule has 1 aromatic carbocycles. The molecule has 0 fully saturated rings. The topological polar surface area (TPSA) is 47.6 Å². The van der Waals surface area contributed by atoms with Crippen LogP contribution in [0.3, 0.4) is 0 Å². The molecule has 0 aliphatic carbocycles. The second kappa shape index (κ2) is 4.62. The van der Waals surface area contributed by atoms with Crippen molar-refractivity contribution in [2.45, 2.75) is 32.1 Å². The first kappa shape index (κ1) is 11.3. The smallest absolute Gasteiger partial charge is 0.0995 e. The van der Waals surface area contributed by atoms with Gasteiger partial charge in [0.05, 0.1) is 23.1 Å². The Balaban J connectivity index is 3.37. The summed E-state index contributed by atoms with van der Waals surface area (Å²) >= 11 is 0. The minimum absolute atomic E-state index is 0.508. The highest BCUT2D eigenvalue weighted by atomic mass is 14.4. The molecule has 0 saturated heterocycles. The Labute approximate surface area is 90.8 Å². The molecule has 0 radical (unpaired) electrons. The molecule has 2 heteroatoms. The summed E-state index contributed by atoms with van der Waals surface area (Å²) in [6, 6.07) is 11.9. The van der Waals surface area contributed by atoms with Crippen LogP contribution in [0.15, 0.2) is 24.3 Å². The summed E-state index contributed by atoms with van der Waals surface area (Å²) in [6.45, 7) is 3.97. The largest absolute Gasteiger partial charge is 0.197 e. The molecular formula is C13H14N2. The first-order chi connectivity index (χ1) is 7.24. The zero-order valence-corrected chi connectivity index (χ0v) is 9.12. The second-order valence-electron chi connectivity index (χ2n) is 3.56. The van der Waals surface area contributed by atoms with Crippen molar-refractivity contribution >= 4 is 0 Å². The SMILES string of the molecule is CCC(C#N)(CC)c1ccccc1C#N. The number of hydrogen-bond acceptors (Lipinski definition) is 2. The minimum atomic E-state index is -0.508. The first-order valence-corrected chi connectivity index (χ1v) is 5.15. The Morgan fingerprint density at radius 2 is 1.73 bits per heavy atom. The summed E-state index contributed by atoms with van der Waals surface area (Å²) in [5.74, 6) is 0. The molecule has 0 unspecified atom stereocenters. The Morgan fingerprint density at radius 3 is 2.20 bits per heavy atom. The fraction of sp³-hybridized carbons (Fsp3) is 0.385. The van der Waals surface area contributed by atoms with Crippen molar-refractivity contribution in [2.24, 2.45) is 0 Å². The van der Waals surface area contributed by atoms with Gasteiger partial charge in [-0.15, -0.1) is 0 Å². The normalized spacial score (nSPS) is 10.4. The van der Waals surface area contributed by atoms with E-state index in [1.165, 1.54) is 0 Å². The predicted octanol–water partition coefficient (Wildman–Crippen LogP) is 3.14. The van der Waals surface area contributed by atoms with Crippen molar-refractivity contribution in [1.82, 2.24) is 0 Å². The second-order valence-corrected chi connectivity index (χ2v) is 3.56. The van der Waals surface area contributed by atoms with E-state index in [4.69, 9.17) is 5.26 Å². The number of nitrogens with zero attached hydrogens (tertiary/aromatic N) is 2. The van der Waals surface area contributed by atoms with Crippen LogP contribution in [0, 0.1) is 22.7 Å². The zero-order valence-electron chi connectivity index (χ0n) is 9.12. The van der Waals surface area contributed by atoms with Crippen LogP contribution in [-0.4, -0.2) is 0 Å². The maximum Gasteiger partial charge on any atom is 0.0995 e. The Bertz CT molecular complexity index is 417. The van der Waals surface area contributed by atoms with Gasteiger partial charge in [0.1, 0.15) is 0 Å². The molecule has 0 atom stereocenters. The standard InChI is InChI=1S/C13H14N2/c1-3-13(4-2,10-15)12-8-6-5-7-11(12)9-14/h5-8H,3-4H2,1-2H3. The Morgan fingerprint density at radius 1 is 1.13 bits per heavy atom. The van der Waals surface area contributed by atoms with Gasteiger partial charge in [-0.1, -0.05) is 32.0 Å². The number of rotatable bonds is 3. The lowest BCUT2D eigenvalue weighted by Gasteiger charge is -2.24. The van der Waals surface area contributed by atoms with Gasteiger partial charge in [-0.05, 0) is 24.5 Å². The molecule has 1 aromatic rings. The van der Waals surface area contributed by atoms with Crippen LogP contribution in [0.2, 0.25) is 0 Å². The van der Waals surface area contributed by atoms with Crippen molar-refractivity contribution in [2.75, 3.05) is 0 Å².